The molecular formula is C39H46N4O8. The first-order chi connectivity index (χ1) is 24.9. The molecule has 4 rings (SSSR count). The van der Waals surface area contributed by atoms with Gasteiger partial charge in [-0.1, -0.05) is 79.6 Å². The van der Waals surface area contributed by atoms with Crippen molar-refractivity contribution in [3.05, 3.63) is 107 Å². The van der Waals surface area contributed by atoms with E-state index in [0.29, 0.717) is 55.9 Å². The second-order valence-electron chi connectivity index (χ2n) is 12.1. The van der Waals surface area contributed by atoms with Crippen molar-refractivity contribution < 1.29 is 38.6 Å². The monoisotopic (exact) mass is 698 g/mol. The largest absolute Gasteiger partial charge is 0.493 e. The number of unbranched alkanes of at least 4 members (excludes halogenated alkanes) is 3. The normalized spacial score (nSPS) is 16.0. The number of hydrogen-bond donors (Lipinski definition) is 3. The topological polar surface area (TPSA) is 156 Å². The summed E-state index contributed by atoms with van der Waals surface area (Å²) in [5.41, 5.74) is 6.99. The highest BCUT2D eigenvalue weighted by Gasteiger charge is 2.24. The number of hydrazone groups is 1. The molecule has 3 N–H and O–H groups in total. The van der Waals surface area contributed by atoms with Gasteiger partial charge in [0.25, 0.3) is 5.91 Å². The Morgan fingerprint density at radius 3 is 2.43 bits per heavy atom. The third-order valence-electron chi connectivity index (χ3n) is 8.23. The molecule has 3 amide bonds. The van der Waals surface area contributed by atoms with E-state index >= 15 is 0 Å². The van der Waals surface area contributed by atoms with Gasteiger partial charge in [0, 0.05) is 31.4 Å². The molecule has 3 aromatic rings. The quantitative estimate of drug-likeness (QED) is 0.0434. The number of carbonyl (C=O) groups is 4. The minimum Gasteiger partial charge on any atom is -0.493 e. The van der Waals surface area contributed by atoms with Crippen molar-refractivity contribution in [3.8, 4) is 11.5 Å². The maximum Gasteiger partial charge on any atom is 0.306 e. The third-order valence-corrected chi connectivity index (χ3v) is 8.23. The van der Waals surface area contributed by atoms with E-state index in [9.17, 15) is 19.2 Å². The van der Waals surface area contributed by atoms with E-state index < -0.39 is 12.0 Å². The SMILES string of the molecule is COc1cc(C(=O)N/N=C/c2ccc(CN3C[C@H](c4ccccc4)OC(=O)CC/C=C/CCC3=O)cc2)ccc1OCCCCCCC(=O)NO. The van der Waals surface area contributed by atoms with E-state index in [4.69, 9.17) is 19.4 Å². The van der Waals surface area contributed by atoms with Crippen molar-refractivity contribution in [3.63, 3.8) is 0 Å². The molecule has 1 aliphatic heterocycles. The van der Waals surface area contributed by atoms with Gasteiger partial charge in [0.15, 0.2) is 11.5 Å². The Morgan fingerprint density at radius 1 is 0.941 bits per heavy atom. The summed E-state index contributed by atoms with van der Waals surface area (Å²) in [6.45, 7) is 1.03. The fourth-order valence-corrected chi connectivity index (χ4v) is 5.42. The highest BCUT2D eigenvalue weighted by molar-refractivity contribution is 5.95. The zero-order valence-electron chi connectivity index (χ0n) is 28.9. The van der Waals surface area contributed by atoms with Crippen molar-refractivity contribution in [1.82, 2.24) is 15.8 Å². The summed E-state index contributed by atoms with van der Waals surface area (Å²) in [6.07, 6.45) is 10.1. The summed E-state index contributed by atoms with van der Waals surface area (Å²) in [5.74, 6) is -0.203. The molecule has 0 saturated heterocycles. The van der Waals surface area contributed by atoms with Crippen LogP contribution in [0.3, 0.4) is 0 Å². The lowest BCUT2D eigenvalue weighted by molar-refractivity contribution is -0.152. The van der Waals surface area contributed by atoms with Crippen molar-refractivity contribution in [2.75, 3.05) is 20.3 Å². The average molecular weight is 699 g/mol. The third kappa shape index (κ3) is 13.0. The Labute approximate surface area is 298 Å². The minimum atomic E-state index is -0.582. The van der Waals surface area contributed by atoms with Crippen molar-refractivity contribution >= 4 is 29.9 Å². The molecule has 0 bridgehead atoms. The molecule has 0 aromatic heterocycles. The molecule has 1 heterocycles. The van der Waals surface area contributed by atoms with Crippen LogP contribution in [0.25, 0.3) is 0 Å². The number of ether oxygens (including phenoxy) is 3. The van der Waals surface area contributed by atoms with E-state index in [0.717, 1.165) is 36.0 Å². The second-order valence-corrected chi connectivity index (χ2v) is 12.1. The molecule has 0 saturated carbocycles. The number of benzene rings is 3. The molecule has 0 fully saturated rings. The van der Waals surface area contributed by atoms with Crippen LogP contribution in [0.5, 0.6) is 11.5 Å². The number of amides is 3. The Kier molecular flexibility index (Phi) is 15.7. The second kappa shape index (κ2) is 20.9. The molecule has 51 heavy (non-hydrogen) atoms. The smallest absolute Gasteiger partial charge is 0.306 e. The van der Waals surface area contributed by atoms with Gasteiger partial charge in [-0.05, 0) is 60.6 Å². The number of allylic oxidation sites excluding steroid dienone is 2. The van der Waals surface area contributed by atoms with Crippen LogP contribution in [0, 0.1) is 0 Å². The molecule has 0 unspecified atom stereocenters. The molecule has 0 spiro atoms. The van der Waals surface area contributed by atoms with Crippen LogP contribution in [-0.4, -0.2) is 60.3 Å². The molecular weight excluding hydrogens is 652 g/mol. The van der Waals surface area contributed by atoms with Crippen LogP contribution < -0.4 is 20.4 Å². The lowest BCUT2D eigenvalue weighted by Gasteiger charge is -2.28. The number of hydrogen-bond acceptors (Lipinski definition) is 9. The van der Waals surface area contributed by atoms with Crippen LogP contribution >= 0.6 is 0 Å². The van der Waals surface area contributed by atoms with E-state index in [1.807, 2.05) is 66.7 Å². The Morgan fingerprint density at radius 2 is 1.69 bits per heavy atom. The number of methoxy groups -OCH3 is 1. The van der Waals surface area contributed by atoms with E-state index in [1.54, 1.807) is 28.6 Å². The number of cyclic esters (lactones) is 1. The van der Waals surface area contributed by atoms with Gasteiger partial charge in [0.2, 0.25) is 11.8 Å². The van der Waals surface area contributed by atoms with Gasteiger partial charge in [0.1, 0.15) is 6.10 Å². The van der Waals surface area contributed by atoms with Crippen molar-refractivity contribution in [2.45, 2.75) is 70.4 Å². The molecule has 1 aliphatic rings. The zero-order chi connectivity index (χ0) is 36.3. The predicted molar refractivity (Wildman–Crippen MR) is 191 cm³/mol. The van der Waals surface area contributed by atoms with Gasteiger partial charge in [-0.3, -0.25) is 24.4 Å². The highest BCUT2D eigenvalue weighted by atomic mass is 16.5. The van der Waals surface area contributed by atoms with Gasteiger partial charge >= 0.3 is 5.97 Å². The van der Waals surface area contributed by atoms with Crippen LogP contribution in [0.2, 0.25) is 0 Å². The summed E-state index contributed by atoms with van der Waals surface area (Å²) in [7, 11) is 1.50. The lowest BCUT2D eigenvalue weighted by Crippen LogP contribution is -2.35. The van der Waals surface area contributed by atoms with Gasteiger partial charge in [0.05, 0.1) is 26.5 Å². The minimum absolute atomic E-state index is 0.0270. The first-order valence-electron chi connectivity index (χ1n) is 17.2. The van der Waals surface area contributed by atoms with Crippen LogP contribution in [0.1, 0.15) is 90.9 Å². The summed E-state index contributed by atoms with van der Waals surface area (Å²) >= 11 is 0. The van der Waals surface area contributed by atoms with E-state index in [-0.39, 0.29) is 37.2 Å². The van der Waals surface area contributed by atoms with Gasteiger partial charge in [-0.25, -0.2) is 10.9 Å². The van der Waals surface area contributed by atoms with E-state index in [2.05, 4.69) is 10.5 Å². The first-order valence-corrected chi connectivity index (χ1v) is 17.2. The van der Waals surface area contributed by atoms with Crippen LogP contribution in [0.4, 0.5) is 0 Å². The number of hydroxylamine groups is 1. The maximum atomic E-state index is 13.3. The van der Waals surface area contributed by atoms with E-state index in [1.165, 1.54) is 13.3 Å². The fourth-order valence-electron chi connectivity index (χ4n) is 5.42. The number of nitrogens with one attached hydrogen (secondary N) is 2. The number of rotatable bonds is 15. The average Bonchev–Trinajstić information content (AvgIpc) is 3.15. The molecule has 12 heteroatoms. The molecule has 270 valence electrons. The first kappa shape index (κ1) is 38.3. The number of esters is 1. The molecule has 0 radical (unpaired) electrons. The predicted octanol–water partition coefficient (Wildman–Crippen LogP) is 6.04. The summed E-state index contributed by atoms with van der Waals surface area (Å²) in [4.78, 5) is 51.5. The van der Waals surface area contributed by atoms with Crippen LogP contribution in [0.15, 0.2) is 90.0 Å². The Hall–Kier alpha value is -5.49. The Bertz CT molecular complexity index is 1640. The molecule has 0 aliphatic carbocycles. The number of nitrogens with zero attached hydrogens (tertiary/aromatic N) is 2. The lowest BCUT2D eigenvalue weighted by atomic mass is 10.1. The highest BCUT2D eigenvalue weighted by Crippen LogP contribution is 2.28. The Balaban J connectivity index is 1.31. The fraction of sp³-hybridized carbons (Fsp3) is 0.359. The number of carbonyl (C=O) groups excluding carboxylic acids is 4. The van der Waals surface area contributed by atoms with Gasteiger partial charge in [-0.2, -0.15) is 5.10 Å². The van der Waals surface area contributed by atoms with Crippen molar-refractivity contribution in [1.29, 1.82) is 0 Å². The van der Waals surface area contributed by atoms with Crippen LogP contribution in [-0.2, 0) is 25.7 Å². The summed E-state index contributed by atoms with van der Waals surface area (Å²) < 4.78 is 17.1. The zero-order valence-corrected chi connectivity index (χ0v) is 28.9. The standard InChI is InChI=1S/C39H46N4O8/c1-49-34-25-32(22-23-33(34)50-24-12-5-4-9-15-36(44)42-48)39(47)41-40-26-29-18-20-30(21-19-29)27-43-28-35(31-13-7-6-8-14-31)51-38(46)17-11-3-2-10-16-37(43)45/h2-3,6-8,13-14,18-23,25-26,35,48H,4-5,9-12,15-17,24,27-28H2,1H3,(H,41,47)(H,42,44)/b3-2+,40-26+/t35-/m1/s1. The summed E-state index contributed by atoms with van der Waals surface area (Å²) in [5, 5.41) is 12.6. The van der Waals surface area contributed by atoms with Crippen molar-refractivity contribution in [2.24, 2.45) is 5.10 Å². The molecule has 12 nitrogen and oxygen atoms in total. The van der Waals surface area contributed by atoms with Gasteiger partial charge in [-0.15, -0.1) is 0 Å². The molecule has 1 atom stereocenters. The maximum absolute atomic E-state index is 13.3. The molecule has 3 aromatic carbocycles. The van der Waals surface area contributed by atoms with Gasteiger partial charge < -0.3 is 19.1 Å². The summed E-state index contributed by atoms with van der Waals surface area (Å²) in [6, 6.07) is 21.9.